The minimum absolute atomic E-state index is 0.278. The molecular weight excluding hydrogens is 332 g/mol. The van der Waals surface area contributed by atoms with Gasteiger partial charge in [-0.2, -0.15) is 0 Å². The van der Waals surface area contributed by atoms with Crippen LogP contribution in [-0.2, 0) is 5.41 Å². The van der Waals surface area contributed by atoms with Crippen molar-refractivity contribution in [2.45, 2.75) is 33.1 Å². The molecule has 0 aliphatic heterocycles. The molecule has 3 aromatic rings. The van der Waals surface area contributed by atoms with Crippen molar-refractivity contribution >= 4 is 5.91 Å². The molecule has 0 atom stereocenters. The summed E-state index contributed by atoms with van der Waals surface area (Å²) in [5.74, 6) is 4.78. The van der Waals surface area contributed by atoms with Crippen LogP contribution in [0.15, 0.2) is 78.9 Å². The van der Waals surface area contributed by atoms with Crippen molar-refractivity contribution in [2.75, 3.05) is 0 Å². The first-order chi connectivity index (χ1) is 12.8. The number of hydrogen-bond acceptors (Lipinski definition) is 2. The molecule has 0 unspecified atom stereocenters. The van der Waals surface area contributed by atoms with Crippen LogP contribution in [0.2, 0.25) is 0 Å². The number of aryl methyl sites for hydroxylation is 1. The molecule has 3 N–H and O–H groups in total. The zero-order valence-corrected chi connectivity index (χ0v) is 16.5. The van der Waals surface area contributed by atoms with E-state index in [9.17, 15) is 4.79 Å². The number of nitrogens with two attached hydrogens (primary N) is 1. The molecule has 27 heavy (non-hydrogen) atoms. The van der Waals surface area contributed by atoms with Gasteiger partial charge >= 0.3 is 0 Å². The Labute approximate surface area is 162 Å². The highest BCUT2D eigenvalue weighted by molar-refractivity contribution is 5.94. The third-order valence-corrected chi connectivity index (χ3v) is 4.30. The third kappa shape index (κ3) is 6.08. The summed E-state index contributed by atoms with van der Waals surface area (Å²) in [6, 6.07) is 26.0. The molecule has 3 nitrogen and oxygen atoms in total. The Balaban J connectivity index is 0.000000208. The van der Waals surface area contributed by atoms with Gasteiger partial charge in [0.25, 0.3) is 5.91 Å². The minimum atomic E-state index is -0.278. The predicted octanol–water partition coefficient (Wildman–Crippen LogP) is 5.25. The van der Waals surface area contributed by atoms with E-state index in [1.165, 1.54) is 11.1 Å². The average Bonchev–Trinajstić information content (AvgIpc) is 2.68. The van der Waals surface area contributed by atoms with Crippen molar-refractivity contribution in [2.24, 2.45) is 5.84 Å². The molecule has 0 saturated carbocycles. The normalized spacial score (nSPS) is 10.6. The third-order valence-electron chi connectivity index (χ3n) is 4.30. The van der Waals surface area contributed by atoms with Crippen LogP contribution >= 0.6 is 0 Å². The maximum absolute atomic E-state index is 11.2. The molecule has 1 amide bonds. The highest BCUT2D eigenvalue weighted by Gasteiger charge is 2.11. The molecule has 3 aromatic carbocycles. The monoisotopic (exact) mass is 360 g/mol. The van der Waals surface area contributed by atoms with Crippen LogP contribution in [0.25, 0.3) is 11.1 Å². The van der Waals surface area contributed by atoms with Crippen LogP contribution in [0.1, 0.15) is 42.3 Å². The predicted molar refractivity (Wildman–Crippen MR) is 113 cm³/mol. The number of benzene rings is 3. The Morgan fingerprint density at radius 3 is 1.78 bits per heavy atom. The van der Waals surface area contributed by atoms with Crippen molar-refractivity contribution in [1.82, 2.24) is 5.43 Å². The summed E-state index contributed by atoms with van der Waals surface area (Å²) in [6.45, 7) is 8.82. The summed E-state index contributed by atoms with van der Waals surface area (Å²) >= 11 is 0. The van der Waals surface area contributed by atoms with Crippen molar-refractivity contribution in [1.29, 1.82) is 0 Å². The SMILES string of the molecule is Cc1ccc(C(C)(C)C)cc1.NNC(=O)c1ccc(-c2ccccc2)cc1. The molecule has 0 heterocycles. The molecule has 0 aliphatic carbocycles. The molecular formula is C24H28N2O. The number of nitrogens with one attached hydrogen (secondary N) is 1. The number of nitrogen functional groups attached to an aromatic ring is 1. The molecule has 140 valence electrons. The lowest BCUT2D eigenvalue weighted by molar-refractivity contribution is 0.0953. The van der Waals surface area contributed by atoms with E-state index in [4.69, 9.17) is 5.84 Å². The first-order valence-electron chi connectivity index (χ1n) is 9.05. The van der Waals surface area contributed by atoms with Crippen LogP contribution in [-0.4, -0.2) is 5.91 Å². The quantitative estimate of drug-likeness (QED) is 0.372. The Morgan fingerprint density at radius 2 is 1.30 bits per heavy atom. The van der Waals surface area contributed by atoms with Crippen LogP contribution in [0.4, 0.5) is 0 Å². The van der Waals surface area contributed by atoms with Crippen LogP contribution in [0.5, 0.6) is 0 Å². The van der Waals surface area contributed by atoms with Gasteiger partial charge in [-0.3, -0.25) is 10.2 Å². The highest BCUT2D eigenvalue weighted by atomic mass is 16.2. The number of rotatable bonds is 2. The fourth-order valence-corrected chi connectivity index (χ4v) is 2.58. The lowest BCUT2D eigenvalue weighted by Crippen LogP contribution is -2.29. The molecule has 0 bridgehead atoms. The molecule has 0 spiro atoms. The molecule has 0 aromatic heterocycles. The Morgan fingerprint density at radius 1 is 0.778 bits per heavy atom. The van der Waals surface area contributed by atoms with Crippen LogP contribution in [0.3, 0.4) is 0 Å². The van der Waals surface area contributed by atoms with Gasteiger partial charge < -0.3 is 0 Å². The van der Waals surface area contributed by atoms with Crippen molar-refractivity contribution in [3.05, 3.63) is 95.6 Å². The first kappa shape index (κ1) is 20.4. The van der Waals surface area contributed by atoms with E-state index in [0.29, 0.717) is 5.56 Å². The lowest BCUT2D eigenvalue weighted by atomic mass is 9.87. The summed E-state index contributed by atoms with van der Waals surface area (Å²) in [4.78, 5) is 11.2. The van der Waals surface area contributed by atoms with Gasteiger partial charge in [-0.15, -0.1) is 0 Å². The van der Waals surface area contributed by atoms with E-state index < -0.39 is 0 Å². The van der Waals surface area contributed by atoms with E-state index in [1.807, 2.05) is 42.5 Å². The zero-order chi connectivity index (χ0) is 19.9. The van der Waals surface area contributed by atoms with Crippen molar-refractivity contribution < 1.29 is 4.79 Å². The topological polar surface area (TPSA) is 55.1 Å². The van der Waals surface area contributed by atoms with E-state index in [2.05, 4.69) is 57.4 Å². The second-order valence-electron chi connectivity index (χ2n) is 7.53. The Hall–Kier alpha value is -2.91. The number of carbonyl (C=O) groups excluding carboxylic acids is 1. The van der Waals surface area contributed by atoms with Gasteiger partial charge in [0.15, 0.2) is 0 Å². The maximum Gasteiger partial charge on any atom is 0.265 e. The fraction of sp³-hybridized carbons (Fsp3) is 0.208. The molecule has 3 heteroatoms. The standard InChI is InChI=1S/C13H12N2O.C11H16/c14-15-13(16)12-8-6-11(7-9-12)10-4-2-1-3-5-10;1-9-5-7-10(8-6-9)11(2,3)4/h1-9H,14H2,(H,15,16);5-8H,1-4H3. The minimum Gasteiger partial charge on any atom is -0.290 e. The lowest BCUT2D eigenvalue weighted by Gasteiger charge is -2.18. The maximum atomic E-state index is 11.2. The van der Waals surface area contributed by atoms with Gasteiger partial charge in [0.1, 0.15) is 0 Å². The van der Waals surface area contributed by atoms with Crippen LogP contribution in [0, 0.1) is 6.92 Å². The van der Waals surface area contributed by atoms with Crippen LogP contribution < -0.4 is 11.3 Å². The largest absolute Gasteiger partial charge is 0.290 e. The van der Waals surface area contributed by atoms with Gasteiger partial charge in [0.05, 0.1) is 0 Å². The summed E-state index contributed by atoms with van der Waals surface area (Å²) in [6.07, 6.45) is 0. The van der Waals surface area contributed by atoms with Gasteiger partial charge in [0.2, 0.25) is 0 Å². The summed E-state index contributed by atoms with van der Waals surface area (Å²) in [5, 5.41) is 0. The van der Waals surface area contributed by atoms with Gasteiger partial charge in [-0.1, -0.05) is 93.1 Å². The average molecular weight is 361 g/mol. The Kier molecular flexibility index (Phi) is 6.91. The van der Waals surface area contributed by atoms with E-state index in [-0.39, 0.29) is 11.3 Å². The molecule has 0 saturated heterocycles. The summed E-state index contributed by atoms with van der Waals surface area (Å²) in [7, 11) is 0. The highest BCUT2D eigenvalue weighted by Crippen LogP contribution is 2.21. The molecule has 3 rings (SSSR count). The number of amides is 1. The number of hydrogen-bond donors (Lipinski definition) is 2. The van der Waals surface area contributed by atoms with Crippen molar-refractivity contribution in [3.63, 3.8) is 0 Å². The molecule has 0 fully saturated rings. The first-order valence-corrected chi connectivity index (χ1v) is 9.05. The van der Waals surface area contributed by atoms with E-state index in [1.54, 1.807) is 12.1 Å². The smallest absolute Gasteiger partial charge is 0.265 e. The van der Waals surface area contributed by atoms with E-state index in [0.717, 1.165) is 11.1 Å². The molecule has 0 radical (unpaired) electrons. The summed E-state index contributed by atoms with van der Waals surface area (Å²) < 4.78 is 0. The second-order valence-corrected chi connectivity index (χ2v) is 7.53. The number of hydrazine groups is 1. The zero-order valence-electron chi connectivity index (χ0n) is 16.5. The Bertz CT molecular complexity index is 846. The molecule has 0 aliphatic rings. The van der Waals surface area contributed by atoms with E-state index >= 15 is 0 Å². The second kappa shape index (κ2) is 9.15. The van der Waals surface area contributed by atoms with Gasteiger partial charge in [-0.25, -0.2) is 5.84 Å². The van der Waals surface area contributed by atoms with Gasteiger partial charge in [0, 0.05) is 5.56 Å². The summed E-state index contributed by atoms with van der Waals surface area (Å²) in [5.41, 5.74) is 7.89. The number of carbonyl (C=O) groups is 1. The fourth-order valence-electron chi connectivity index (χ4n) is 2.58. The van der Waals surface area contributed by atoms with Gasteiger partial charge in [-0.05, 0) is 41.2 Å². The van der Waals surface area contributed by atoms with Crippen molar-refractivity contribution in [3.8, 4) is 11.1 Å².